The first-order valence-corrected chi connectivity index (χ1v) is 8.52. The number of carbonyl (C=O) groups excluding carboxylic acids is 1. The lowest BCUT2D eigenvalue weighted by Gasteiger charge is -2.34. The maximum atomic E-state index is 13.5. The third-order valence-corrected chi connectivity index (χ3v) is 5.04. The number of H-pyrrole nitrogens is 1. The predicted molar refractivity (Wildman–Crippen MR) is 95.6 cm³/mol. The van der Waals surface area contributed by atoms with Gasteiger partial charge in [0, 0.05) is 42.1 Å². The molecule has 0 saturated carbocycles. The van der Waals surface area contributed by atoms with E-state index in [-0.39, 0.29) is 11.9 Å². The van der Waals surface area contributed by atoms with E-state index in [0.717, 1.165) is 33.7 Å². The van der Waals surface area contributed by atoms with Gasteiger partial charge >= 0.3 is 0 Å². The van der Waals surface area contributed by atoms with E-state index in [1.807, 2.05) is 50.1 Å². The minimum absolute atomic E-state index is 0.0386. The van der Waals surface area contributed by atoms with Crippen molar-refractivity contribution in [2.75, 3.05) is 19.8 Å². The van der Waals surface area contributed by atoms with Crippen LogP contribution in [0, 0.1) is 13.8 Å². The van der Waals surface area contributed by atoms with Crippen molar-refractivity contribution in [3.63, 3.8) is 0 Å². The van der Waals surface area contributed by atoms with Gasteiger partial charge in [-0.3, -0.25) is 4.79 Å². The summed E-state index contributed by atoms with van der Waals surface area (Å²) < 4.78 is 7.70. The molecule has 0 spiro atoms. The highest BCUT2D eigenvalue weighted by Crippen LogP contribution is 2.30. The van der Waals surface area contributed by atoms with Crippen LogP contribution in [-0.4, -0.2) is 45.1 Å². The number of imidazole rings is 1. The summed E-state index contributed by atoms with van der Waals surface area (Å²) >= 11 is 0. The number of para-hydroxylation sites is 1. The first-order chi connectivity index (χ1) is 12.1. The first kappa shape index (κ1) is 15.9. The van der Waals surface area contributed by atoms with Crippen LogP contribution in [0.2, 0.25) is 0 Å². The van der Waals surface area contributed by atoms with E-state index in [1.54, 1.807) is 6.20 Å². The first-order valence-electron chi connectivity index (χ1n) is 8.52. The van der Waals surface area contributed by atoms with Crippen LogP contribution in [0.15, 0.2) is 30.5 Å². The van der Waals surface area contributed by atoms with Gasteiger partial charge in [0.05, 0.1) is 18.8 Å². The molecule has 3 heterocycles. The lowest BCUT2D eigenvalue weighted by molar-refractivity contribution is -0.00495. The molecule has 1 fully saturated rings. The maximum absolute atomic E-state index is 13.5. The van der Waals surface area contributed by atoms with Crippen molar-refractivity contribution in [2.45, 2.75) is 19.9 Å². The van der Waals surface area contributed by atoms with E-state index in [9.17, 15) is 4.79 Å². The molecule has 1 aliphatic heterocycles. The van der Waals surface area contributed by atoms with Gasteiger partial charge in [-0.1, -0.05) is 18.2 Å². The number of amides is 1. The predicted octanol–water partition coefficient (Wildman–Crippen LogP) is 2.73. The number of nitrogens with zero attached hydrogens (tertiary/aromatic N) is 3. The van der Waals surface area contributed by atoms with Gasteiger partial charge < -0.3 is 19.2 Å². The summed E-state index contributed by atoms with van der Waals surface area (Å²) in [5.74, 6) is 0.820. The Morgan fingerprint density at radius 3 is 2.88 bits per heavy atom. The molecule has 0 bridgehead atoms. The van der Waals surface area contributed by atoms with Crippen LogP contribution in [0.1, 0.15) is 33.6 Å². The number of aryl methyl sites for hydroxylation is 2. The van der Waals surface area contributed by atoms with Crippen LogP contribution >= 0.6 is 0 Å². The van der Waals surface area contributed by atoms with E-state index in [4.69, 9.17) is 4.74 Å². The summed E-state index contributed by atoms with van der Waals surface area (Å²) in [6, 6.07) is 7.85. The van der Waals surface area contributed by atoms with Crippen LogP contribution in [0.4, 0.5) is 0 Å². The van der Waals surface area contributed by atoms with Crippen LogP contribution in [-0.2, 0) is 11.8 Å². The smallest absolute Gasteiger partial charge is 0.257 e. The van der Waals surface area contributed by atoms with Gasteiger partial charge in [-0.15, -0.1) is 0 Å². The third-order valence-electron chi connectivity index (χ3n) is 5.04. The number of rotatable bonds is 2. The summed E-state index contributed by atoms with van der Waals surface area (Å²) in [7, 11) is 2.00. The molecule has 2 aromatic heterocycles. The lowest BCUT2D eigenvalue weighted by Crippen LogP contribution is -2.44. The Morgan fingerprint density at radius 1 is 1.32 bits per heavy atom. The van der Waals surface area contributed by atoms with E-state index in [2.05, 4.69) is 14.5 Å². The molecule has 6 nitrogen and oxygen atoms in total. The molecular formula is C19H22N4O2. The fraction of sp³-hybridized carbons (Fsp3) is 0.368. The fourth-order valence-corrected chi connectivity index (χ4v) is 3.61. The number of hydrogen-bond donors (Lipinski definition) is 1. The normalized spacial score (nSPS) is 18.0. The molecule has 1 amide bonds. The van der Waals surface area contributed by atoms with E-state index in [1.165, 1.54) is 0 Å². The second-order valence-electron chi connectivity index (χ2n) is 6.58. The van der Waals surface area contributed by atoms with Crippen LogP contribution < -0.4 is 0 Å². The second-order valence-corrected chi connectivity index (χ2v) is 6.58. The average molecular weight is 338 g/mol. The molecule has 1 N–H and O–H groups in total. The molecule has 1 atom stereocenters. The van der Waals surface area contributed by atoms with E-state index in [0.29, 0.717) is 19.8 Å². The van der Waals surface area contributed by atoms with Crippen molar-refractivity contribution in [1.82, 2.24) is 19.4 Å². The summed E-state index contributed by atoms with van der Waals surface area (Å²) in [5, 5.41) is 0.994. The van der Waals surface area contributed by atoms with Crippen LogP contribution in [0.5, 0.6) is 0 Å². The summed E-state index contributed by atoms with van der Waals surface area (Å²) in [6.45, 7) is 5.53. The van der Waals surface area contributed by atoms with Gasteiger partial charge in [-0.25, -0.2) is 4.98 Å². The molecule has 1 aliphatic rings. The van der Waals surface area contributed by atoms with Crippen LogP contribution in [0.25, 0.3) is 10.9 Å². The number of ether oxygens (including phenoxy) is 1. The summed E-state index contributed by atoms with van der Waals surface area (Å²) in [4.78, 5) is 23.0. The Hall–Kier alpha value is -2.60. The molecular weight excluding hydrogens is 316 g/mol. The Bertz CT molecular complexity index is 940. The lowest BCUT2D eigenvalue weighted by atomic mass is 10.1. The highest BCUT2D eigenvalue weighted by molar-refractivity contribution is 6.08. The van der Waals surface area contributed by atoms with Crippen molar-refractivity contribution in [3.05, 3.63) is 53.2 Å². The minimum Gasteiger partial charge on any atom is -0.377 e. The van der Waals surface area contributed by atoms with Gasteiger partial charge in [-0.05, 0) is 19.9 Å². The Kier molecular flexibility index (Phi) is 3.84. The molecule has 130 valence electrons. The van der Waals surface area contributed by atoms with Gasteiger partial charge in [0.15, 0.2) is 0 Å². The number of nitrogens with one attached hydrogen (secondary N) is 1. The molecule has 3 aromatic rings. The van der Waals surface area contributed by atoms with Crippen molar-refractivity contribution in [3.8, 4) is 0 Å². The van der Waals surface area contributed by atoms with Crippen molar-refractivity contribution >= 4 is 16.8 Å². The SMILES string of the molecule is Cc1cnc(C2COCCN2C(=O)c2c(C)n(C)c3ccccc23)[nH]1. The van der Waals surface area contributed by atoms with Gasteiger partial charge in [0.1, 0.15) is 11.9 Å². The molecule has 6 heteroatoms. The van der Waals surface area contributed by atoms with Gasteiger partial charge in [0.25, 0.3) is 5.91 Å². The summed E-state index contributed by atoms with van der Waals surface area (Å²) in [5.41, 5.74) is 3.80. The third kappa shape index (κ3) is 2.53. The molecule has 1 unspecified atom stereocenters. The Balaban J connectivity index is 1.78. The standard InChI is InChI=1S/C19H22N4O2/c1-12-10-20-18(21-12)16-11-25-9-8-23(16)19(24)17-13(2)22(3)15-7-5-4-6-14(15)17/h4-7,10,16H,8-9,11H2,1-3H3,(H,20,21). The van der Waals surface area contributed by atoms with Gasteiger partial charge in [0.2, 0.25) is 0 Å². The zero-order valence-electron chi connectivity index (χ0n) is 14.7. The number of morpholine rings is 1. The second kappa shape index (κ2) is 6.04. The highest BCUT2D eigenvalue weighted by Gasteiger charge is 2.33. The quantitative estimate of drug-likeness (QED) is 0.781. The zero-order chi connectivity index (χ0) is 17.6. The van der Waals surface area contributed by atoms with Gasteiger partial charge in [-0.2, -0.15) is 0 Å². The molecule has 1 aromatic carbocycles. The zero-order valence-corrected chi connectivity index (χ0v) is 14.7. The summed E-state index contributed by atoms with van der Waals surface area (Å²) in [6.07, 6.45) is 1.79. The minimum atomic E-state index is -0.187. The highest BCUT2D eigenvalue weighted by atomic mass is 16.5. The van der Waals surface area contributed by atoms with Crippen molar-refractivity contribution in [2.24, 2.45) is 7.05 Å². The van der Waals surface area contributed by atoms with Crippen LogP contribution in [0.3, 0.4) is 0 Å². The maximum Gasteiger partial charge on any atom is 0.257 e. The molecule has 4 rings (SSSR count). The fourth-order valence-electron chi connectivity index (χ4n) is 3.61. The average Bonchev–Trinajstić information content (AvgIpc) is 3.17. The number of aromatic amines is 1. The Morgan fingerprint density at radius 2 is 2.12 bits per heavy atom. The van der Waals surface area contributed by atoms with Crippen molar-refractivity contribution < 1.29 is 9.53 Å². The number of fused-ring (bicyclic) bond motifs is 1. The molecule has 25 heavy (non-hydrogen) atoms. The molecule has 0 aliphatic carbocycles. The number of hydrogen-bond acceptors (Lipinski definition) is 3. The number of benzene rings is 1. The Labute approximate surface area is 146 Å². The monoisotopic (exact) mass is 338 g/mol. The molecule has 1 saturated heterocycles. The van der Waals surface area contributed by atoms with E-state index < -0.39 is 0 Å². The largest absolute Gasteiger partial charge is 0.377 e. The number of carbonyl (C=O) groups is 1. The van der Waals surface area contributed by atoms with Crippen molar-refractivity contribution in [1.29, 1.82) is 0 Å². The van der Waals surface area contributed by atoms with E-state index >= 15 is 0 Å². The number of aromatic nitrogens is 3. The molecule has 0 radical (unpaired) electrons. The topological polar surface area (TPSA) is 63.1 Å².